The fourth-order valence-electron chi connectivity index (χ4n) is 4.55. The molecule has 1 aliphatic heterocycles. The largest absolute Gasteiger partial charge is 0.459 e. The maximum Gasteiger partial charge on any atom is 0.334 e. The number of esters is 1. The highest BCUT2D eigenvalue weighted by Crippen LogP contribution is 2.32. The standard InChI is InChI=1S/C24H40N2O3/c1-5-9-17-24(16-7-3)23(28)25-21(26-24)20(13-6-2)19(8-4)22(27)29-18-14-11-10-12-15-18/h18H,5-17H2,1-4H3,(H,25,26,28). The summed E-state index contributed by atoms with van der Waals surface area (Å²) < 4.78 is 5.86. The molecule has 1 N–H and O–H groups in total. The molecule has 164 valence electrons. The summed E-state index contributed by atoms with van der Waals surface area (Å²) in [6, 6.07) is 0. The van der Waals surface area contributed by atoms with Gasteiger partial charge in [0.15, 0.2) is 0 Å². The van der Waals surface area contributed by atoms with Gasteiger partial charge in [-0.3, -0.25) is 9.79 Å². The predicted octanol–water partition coefficient (Wildman–Crippen LogP) is 5.63. The Labute approximate surface area is 176 Å². The number of hydrogen-bond donors (Lipinski definition) is 1. The molecule has 0 spiro atoms. The maximum atomic E-state index is 13.0. The van der Waals surface area contributed by atoms with Crippen LogP contribution in [0.1, 0.15) is 111 Å². The molecule has 1 amide bonds. The van der Waals surface area contributed by atoms with Crippen LogP contribution >= 0.6 is 0 Å². The maximum absolute atomic E-state index is 13.0. The van der Waals surface area contributed by atoms with Crippen LogP contribution in [-0.2, 0) is 14.3 Å². The van der Waals surface area contributed by atoms with Gasteiger partial charge in [-0.05, 0) is 51.4 Å². The lowest BCUT2D eigenvalue weighted by molar-refractivity contribution is -0.145. The van der Waals surface area contributed by atoms with Crippen LogP contribution in [0.15, 0.2) is 16.1 Å². The highest BCUT2D eigenvalue weighted by Gasteiger charge is 2.43. The molecule has 0 bridgehead atoms. The lowest BCUT2D eigenvalue weighted by atomic mass is 9.88. The summed E-state index contributed by atoms with van der Waals surface area (Å²) in [5, 5.41) is 3.04. The molecule has 1 fully saturated rings. The number of carbonyl (C=O) groups excluding carboxylic acids is 2. The second-order valence-corrected chi connectivity index (χ2v) is 8.53. The third-order valence-electron chi connectivity index (χ3n) is 6.16. The van der Waals surface area contributed by atoms with Crippen LogP contribution in [0.2, 0.25) is 0 Å². The van der Waals surface area contributed by atoms with Crippen LogP contribution in [0.5, 0.6) is 0 Å². The number of rotatable bonds is 11. The first-order chi connectivity index (χ1) is 14.0. The lowest BCUT2D eigenvalue weighted by Gasteiger charge is -2.23. The Morgan fingerprint density at radius 1 is 1.07 bits per heavy atom. The molecule has 1 atom stereocenters. The fraction of sp³-hybridized carbons (Fsp3) is 0.792. The Morgan fingerprint density at radius 2 is 1.79 bits per heavy atom. The van der Waals surface area contributed by atoms with Crippen molar-refractivity contribution >= 4 is 17.7 Å². The van der Waals surface area contributed by atoms with Gasteiger partial charge in [-0.15, -0.1) is 0 Å². The SMILES string of the molecule is CCCCC1(CCC)N=C(C(CCC)=C(CC)C(=O)OC2CCCCC2)NC1=O. The summed E-state index contributed by atoms with van der Waals surface area (Å²) in [4.78, 5) is 30.9. The minimum Gasteiger partial charge on any atom is -0.459 e. The number of nitrogens with zero attached hydrogens (tertiary/aromatic N) is 1. The highest BCUT2D eigenvalue weighted by molar-refractivity contribution is 6.17. The zero-order valence-corrected chi connectivity index (χ0v) is 18.9. The van der Waals surface area contributed by atoms with E-state index in [4.69, 9.17) is 9.73 Å². The van der Waals surface area contributed by atoms with Crippen molar-refractivity contribution in [1.29, 1.82) is 0 Å². The first-order valence-electron chi connectivity index (χ1n) is 11.9. The Bertz CT molecular complexity index is 632. The van der Waals surface area contributed by atoms with E-state index in [0.29, 0.717) is 17.8 Å². The normalized spacial score (nSPS) is 23.4. The van der Waals surface area contributed by atoms with E-state index < -0.39 is 5.54 Å². The molecular weight excluding hydrogens is 364 g/mol. The molecule has 1 saturated carbocycles. The van der Waals surface area contributed by atoms with Crippen molar-refractivity contribution in [2.75, 3.05) is 0 Å². The molecule has 1 unspecified atom stereocenters. The first kappa shape index (κ1) is 23.6. The van der Waals surface area contributed by atoms with Gasteiger partial charge in [0, 0.05) is 11.1 Å². The van der Waals surface area contributed by atoms with Gasteiger partial charge in [-0.25, -0.2) is 4.79 Å². The number of nitrogens with one attached hydrogen (secondary N) is 1. The zero-order valence-electron chi connectivity index (χ0n) is 18.9. The molecule has 2 rings (SSSR count). The topological polar surface area (TPSA) is 67.8 Å². The summed E-state index contributed by atoms with van der Waals surface area (Å²) in [5.41, 5.74) is 0.878. The molecule has 0 aromatic heterocycles. The van der Waals surface area contributed by atoms with E-state index in [1.165, 1.54) is 6.42 Å². The Balaban J connectivity index is 2.33. The van der Waals surface area contributed by atoms with Gasteiger partial charge in [0.1, 0.15) is 17.5 Å². The van der Waals surface area contributed by atoms with Crippen LogP contribution in [0, 0.1) is 0 Å². The van der Waals surface area contributed by atoms with E-state index >= 15 is 0 Å². The van der Waals surface area contributed by atoms with Gasteiger partial charge in [0.2, 0.25) is 0 Å². The number of aliphatic imine (C=N–C) groups is 1. The third kappa shape index (κ3) is 5.93. The molecule has 5 nitrogen and oxygen atoms in total. The smallest absolute Gasteiger partial charge is 0.334 e. The Hall–Kier alpha value is -1.65. The van der Waals surface area contributed by atoms with Crippen LogP contribution < -0.4 is 5.32 Å². The number of ether oxygens (including phenoxy) is 1. The van der Waals surface area contributed by atoms with Gasteiger partial charge in [0.25, 0.3) is 5.91 Å². The second kappa shape index (κ2) is 11.5. The molecule has 0 aromatic rings. The molecule has 0 radical (unpaired) electrons. The van der Waals surface area contributed by atoms with Gasteiger partial charge < -0.3 is 10.1 Å². The minimum absolute atomic E-state index is 0.00694. The lowest BCUT2D eigenvalue weighted by Crippen LogP contribution is -2.40. The zero-order chi connectivity index (χ0) is 21.3. The number of hydrogen-bond acceptors (Lipinski definition) is 4. The molecule has 2 aliphatic rings. The number of carbonyl (C=O) groups is 2. The van der Waals surface area contributed by atoms with Crippen molar-refractivity contribution in [3.05, 3.63) is 11.1 Å². The van der Waals surface area contributed by atoms with Crippen LogP contribution in [0.3, 0.4) is 0 Å². The van der Waals surface area contributed by atoms with Gasteiger partial charge in [-0.1, -0.05) is 59.8 Å². The Morgan fingerprint density at radius 3 is 2.38 bits per heavy atom. The van der Waals surface area contributed by atoms with Crippen molar-refractivity contribution in [3.8, 4) is 0 Å². The average molecular weight is 405 g/mol. The monoisotopic (exact) mass is 404 g/mol. The number of amides is 1. The van der Waals surface area contributed by atoms with E-state index in [0.717, 1.165) is 76.2 Å². The minimum atomic E-state index is -0.675. The molecular formula is C24H40N2O3. The van der Waals surface area contributed by atoms with Gasteiger partial charge >= 0.3 is 5.97 Å². The van der Waals surface area contributed by atoms with E-state index in [-0.39, 0.29) is 18.0 Å². The van der Waals surface area contributed by atoms with E-state index in [1.54, 1.807) is 0 Å². The first-order valence-corrected chi connectivity index (χ1v) is 11.9. The third-order valence-corrected chi connectivity index (χ3v) is 6.16. The van der Waals surface area contributed by atoms with Gasteiger partial charge in [-0.2, -0.15) is 0 Å². The van der Waals surface area contributed by atoms with Crippen molar-refractivity contribution in [3.63, 3.8) is 0 Å². The number of amidine groups is 1. The van der Waals surface area contributed by atoms with E-state index in [2.05, 4.69) is 26.1 Å². The van der Waals surface area contributed by atoms with Crippen molar-refractivity contribution in [1.82, 2.24) is 5.32 Å². The van der Waals surface area contributed by atoms with Crippen molar-refractivity contribution in [2.45, 2.75) is 123 Å². The van der Waals surface area contributed by atoms with Gasteiger partial charge in [0.05, 0.1) is 0 Å². The van der Waals surface area contributed by atoms with E-state index in [9.17, 15) is 9.59 Å². The summed E-state index contributed by atoms with van der Waals surface area (Å²) in [6.07, 6.45) is 12.1. The summed E-state index contributed by atoms with van der Waals surface area (Å²) >= 11 is 0. The summed E-state index contributed by atoms with van der Waals surface area (Å²) in [5.74, 6) is 0.382. The van der Waals surface area contributed by atoms with Crippen LogP contribution in [0.4, 0.5) is 0 Å². The van der Waals surface area contributed by atoms with Crippen molar-refractivity contribution < 1.29 is 14.3 Å². The molecule has 1 aliphatic carbocycles. The molecule has 29 heavy (non-hydrogen) atoms. The number of unbranched alkanes of at least 4 members (excludes halogenated alkanes) is 1. The van der Waals surface area contributed by atoms with Crippen molar-refractivity contribution in [2.24, 2.45) is 4.99 Å². The fourth-order valence-corrected chi connectivity index (χ4v) is 4.55. The summed E-state index contributed by atoms with van der Waals surface area (Å²) in [6.45, 7) is 8.31. The summed E-state index contributed by atoms with van der Waals surface area (Å²) in [7, 11) is 0. The molecule has 0 saturated heterocycles. The Kier molecular flexibility index (Phi) is 9.38. The molecule has 1 heterocycles. The van der Waals surface area contributed by atoms with Crippen LogP contribution in [0.25, 0.3) is 0 Å². The molecule has 5 heteroatoms. The predicted molar refractivity (Wildman–Crippen MR) is 118 cm³/mol. The average Bonchev–Trinajstić information content (AvgIpc) is 3.03. The molecule has 0 aromatic carbocycles. The van der Waals surface area contributed by atoms with E-state index in [1.807, 2.05) is 6.92 Å². The highest BCUT2D eigenvalue weighted by atomic mass is 16.5. The second-order valence-electron chi connectivity index (χ2n) is 8.53. The quantitative estimate of drug-likeness (QED) is 0.359. The van der Waals surface area contributed by atoms with Crippen LogP contribution in [-0.4, -0.2) is 29.4 Å².